The van der Waals surface area contributed by atoms with Crippen LogP contribution in [0.1, 0.15) is 43.7 Å². The molecule has 4 aromatic carbocycles. The zero-order valence-corrected chi connectivity index (χ0v) is 25.7. The Kier molecular flexibility index (Phi) is 9.94. The highest BCUT2D eigenvalue weighted by molar-refractivity contribution is 7.89. The largest absolute Gasteiger partial charge is 0.382 e. The van der Waals surface area contributed by atoms with Crippen LogP contribution in [0.4, 0.5) is 0 Å². The van der Waals surface area contributed by atoms with E-state index in [0.29, 0.717) is 25.3 Å². The Balaban J connectivity index is 1.30. The van der Waals surface area contributed by atoms with Crippen molar-refractivity contribution in [3.05, 3.63) is 102 Å². The normalized spacial score (nSPS) is 15.0. The molecule has 1 saturated carbocycles. The number of sulfonamides is 1. The summed E-state index contributed by atoms with van der Waals surface area (Å²) in [6.45, 7) is 2.59. The van der Waals surface area contributed by atoms with Crippen molar-refractivity contribution in [2.24, 2.45) is 16.7 Å². The number of amides is 1. The number of nitrogens with one attached hydrogen (secondary N) is 1. The Hall–Kier alpha value is -4.25. The number of benzene rings is 4. The van der Waals surface area contributed by atoms with Crippen LogP contribution in [0.2, 0.25) is 0 Å². The Morgan fingerprint density at radius 1 is 1.00 bits per heavy atom. The fourth-order valence-electron chi connectivity index (χ4n) is 5.83. The van der Waals surface area contributed by atoms with Crippen LogP contribution < -0.4 is 16.3 Å². The Labute approximate surface area is 258 Å². The molecule has 0 saturated heterocycles. The molecule has 4 aromatic rings. The van der Waals surface area contributed by atoms with Gasteiger partial charge in [-0.2, -0.15) is 9.82 Å². The second-order valence-corrected chi connectivity index (χ2v) is 12.9. The standard InChI is InChI=1S/C34H39N5O4S/c1-24(38-44(41,42)30-21-27-13-5-8-17-31(27)32(22-30)26-11-3-2-4-12-26)34(40)39(29-15-6-7-16-29)18-19-43-23-25-10-9-14-28(20-25)33(35)37-36/h2-5,8-14,17,20-22,24,29,38H,6-7,15-16,18-19,23,36H2,1H3,(H2,35,37)/t24-/m0/s1. The van der Waals surface area contributed by atoms with E-state index in [0.717, 1.165) is 53.1 Å². The highest BCUT2D eigenvalue weighted by Crippen LogP contribution is 2.32. The van der Waals surface area contributed by atoms with Gasteiger partial charge in [0.2, 0.25) is 15.9 Å². The Morgan fingerprint density at radius 3 is 2.48 bits per heavy atom. The lowest BCUT2D eigenvalue weighted by Crippen LogP contribution is -2.51. The van der Waals surface area contributed by atoms with Gasteiger partial charge in [-0.1, -0.05) is 85.6 Å². The molecule has 0 heterocycles. The molecule has 1 aliphatic rings. The summed E-state index contributed by atoms with van der Waals surface area (Å²) in [5.74, 6) is 5.27. The number of nitrogens with two attached hydrogens (primary N) is 2. The highest BCUT2D eigenvalue weighted by Gasteiger charge is 2.32. The van der Waals surface area contributed by atoms with Gasteiger partial charge in [0.1, 0.15) is 5.84 Å². The first kappa shape index (κ1) is 31.2. The first-order valence-electron chi connectivity index (χ1n) is 14.9. The molecule has 1 fully saturated rings. The fraction of sp³-hybridized carbons (Fsp3) is 0.294. The maximum atomic E-state index is 13.8. The third-order valence-corrected chi connectivity index (χ3v) is 9.61. The van der Waals surface area contributed by atoms with Crippen molar-refractivity contribution in [1.82, 2.24) is 9.62 Å². The molecule has 44 heavy (non-hydrogen) atoms. The number of carbonyl (C=O) groups excluding carboxylic acids is 1. The van der Waals surface area contributed by atoms with Crippen LogP contribution in [0.15, 0.2) is 101 Å². The van der Waals surface area contributed by atoms with Crippen LogP contribution in [0.5, 0.6) is 0 Å². The van der Waals surface area contributed by atoms with Crippen LogP contribution in [0, 0.1) is 0 Å². The fourth-order valence-corrected chi connectivity index (χ4v) is 7.09. The first-order chi connectivity index (χ1) is 21.3. The molecular weight excluding hydrogens is 574 g/mol. The maximum absolute atomic E-state index is 13.8. The average molecular weight is 614 g/mol. The molecule has 0 aliphatic heterocycles. The Bertz CT molecular complexity index is 1740. The number of hydrogen-bond donors (Lipinski definition) is 3. The monoisotopic (exact) mass is 613 g/mol. The first-order valence-corrected chi connectivity index (χ1v) is 16.4. The van der Waals surface area contributed by atoms with Crippen molar-refractivity contribution in [2.75, 3.05) is 13.2 Å². The minimum Gasteiger partial charge on any atom is -0.382 e. The van der Waals surface area contributed by atoms with Crippen LogP contribution in [-0.2, 0) is 26.2 Å². The van der Waals surface area contributed by atoms with E-state index >= 15 is 0 Å². The van der Waals surface area contributed by atoms with E-state index in [1.54, 1.807) is 24.0 Å². The number of fused-ring (bicyclic) bond motifs is 1. The molecule has 0 radical (unpaired) electrons. The van der Waals surface area contributed by atoms with Crippen LogP contribution in [-0.4, -0.2) is 50.3 Å². The molecule has 5 N–H and O–H groups in total. The second kappa shape index (κ2) is 14.0. The number of ether oxygens (including phenoxy) is 1. The molecule has 0 unspecified atom stereocenters. The van der Waals surface area contributed by atoms with E-state index in [4.69, 9.17) is 16.3 Å². The second-order valence-electron chi connectivity index (χ2n) is 11.1. The molecule has 1 amide bonds. The van der Waals surface area contributed by atoms with Crippen LogP contribution >= 0.6 is 0 Å². The van der Waals surface area contributed by atoms with Crippen molar-refractivity contribution >= 4 is 32.5 Å². The molecule has 0 aromatic heterocycles. The van der Waals surface area contributed by atoms with E-state index < -0.39 is 16.1 Å². The zero-order valence-electron chi connectivity index (χ0n) is 24.9. The third-order valence-electron chi connectivity index (χ3n) is 8.09. The number of carbonyl (C=O) groups is 1. The number of nitrogens with zero attached hydrogens (tertiary/aromatic N) is 2. The summed E-state index contributed by atoms with van der Waals surface area (Å²) < 4.78 is 36.0. The summed E-state index contributed by atoms with van der Waals surface area (Å²) in [5, 5.41) is 5.30. The van der Waals surface area contributed by atoms with Gasteiger partial charge < -0.3 is 21.2 Å². The molecular formula is C34H39N5O4S. The van der Waals surface area contributed by atoms with Crippen molar-refractivity contribution in [3.8, 4) is 11.1 Å². The van der Waals surface area contributed by atoms with Crippen LogP contribution in [0.25, 0.3) is 21.9 Å². The lowest BCUT2D eigenvalue weighted by Gasteiger charge is -2.31. The zero-order chi connectivity index (χ0) is 31.1. The van der Waals surface area contributed by atoms with Gasteiger partial charge in [0.15, 0.2) is 0 Å². The maximum Gasteiger partial charge on any atom is 0.241 e. The molecule has 10 heteroatoms. The topological polar surface area (TPSA) is 140 Å². The molecule has 1 atom stereocenters. The molecule has 0 spiro atoms. The van der Waals surface area contributed by atoms with Gasteiger partial charge in [0.25, 0.3) is 0 Å². The number of amidine groups is 1. The van der Waals surface area contributed by atoms with Gasteiger partial charge in [0.05, 0.1) is 24.2 Å². The van der Waals surface area contributed by atoms with Crippen molar-refractivity contribution < 1.29 is 17.9 Å². The summed E-state index contributed by atoms with van der Waals surface area (Å²) in [6.07, 6.45) is 3.84. The van der Waals surface area contributed by atoms with Crippen molar-refractivity contribution in [3.63, 3.8) is 0 Å². The lowest BCUT2D eigenvalue weighted by atomic mass is 9.98. The number of hydrogen-bond acceptors (Lipinski definition) is 6. The summed E-state index contributed by atoms with van der Waals surface area (Å²) in [6, 6.07) is 27.3. The van der Waals surface area contributed by atoms with E-state index in [-0.39, 0.29) is 22.7 Å². The van der Waals surface area contributed by atoms with Gasteiger partial charge in [-0.25, -0.2) is 8.42 Å². The van der Waals surface area contributed by atoms with Gasteiger partial charge in [-0.15, -0.1) is 0 Å². The molecule has 230 valence electrons. The summed E-state index contributed by atoms with van der Waals surface area (Å²) >= 11 is 0. The number of rotatable bonds is 12. The Morgan fingerprint density at radius 2 is 1.73 bits per heavy atom. The van der Waals surface area contributed by atoms with Gasteiger partial charge in [-0.05, 0) is 65.4 Å². The van der Waals surface area contributed by atoms with Crippen LogP contribution in [0.3, 0.4) is 0 Å². The summed E-state index contributed by atoms with van der Waals surface area (Å²) in [7, 11) is -4.02. The third kappa shape index (κ3) is 7.27. The van der Waals surface area contributed by atoms with Crippen molar-refractivity contribution in [2.45, 2.75) is 56.2 Å². The lowest BCUT2D eigenvalue weighted by molar-refractivity contribution is -0.135. The predicted molar refractivity (Wildman–Crippen MR) is 174 cm³/mol. The molecule has 0 bridgehead atoms. The van der Waals surface area contributed by atoms with Gasteiger partial charge in [0, 0.05) is 18.2 Å². The van der Waals surface area contributed by atoms with E-state index in [9.17, 15) is 13.2 Å². The minimum absolute atomic E-state index is 0.0484. The molecule has 5 rings (SSSR count). The van der Waals surface area contributed by atoms with Gasteiger partial charge in [-0.3, -0.25) is 4.79 Å². The van der Waals surface area contributed by atoms with E-state index in [1.807, 2.05) is 78.9 Å². The van der Waals surface area contributed by atoms with Crippen molar-refractivity contribution in [1.29, 1.82) is 0 Å². The quantitative estimate of drug-likeness (QED) is 0.0693. The summed E-state index contributed by atoms with van der Waals surface area (Å²) in [4.78, 5) is 15.7. The summed E-state index contributed by atoms with van der Waals surface area (Å²) in [5.41, 5.74) is 9.16. The minimum atomic E-state index is -4.02. The molecule has 1 aliphatic carbocycles. The predicted octanol–water partition coefficient (Wildman–Crippen LogP) is 4.74. The van der Waals surface area contributed by atoms with Gasteiger partial charge >= 0.3 is 0 Å². The smallest absolute Gasteiger partial charge is 0.241 e. The van der Waals surface area contributed by atoms with E-state index in [2.05, 4.69) is 9.82 Å². The van der Waals surface area contributed by atoms with E-state index in [1.165, 1.54) is 0 Å². The highest BCUT2D eigenvalue weighted by atomic mass is 32.2. The average Bonchev–Trinajstić information content (AvgIpc) is 3.58. The SMILES string of the molecule is C[C@H](NS(=O)(=O)c1cc(-c2ccccc2)c2ccccc2c1)C(=O)N(CCOCc1cccc(C(N)=NN)c1)C1CCCC1. The molecule has 9 nitrogen and oxygen atoms in total. The number of hydrazone groups is 1.